The van der Waals surface area contributed by atoms with Crippen molar-refractivity contribution in [3.05, 3.63) is 45.8 Å². The second kappa shape index (κ2) is 8.23. The third kappa shape index (κ3) is 4.12. The lowest BCUT2D eigenvalue weighted by atomic mass is 9.95. The van der Waals surface area contributed by atoms with Crippen LogP contribution in [0.4, 0.5) is 5.00 Å². The quantitative estimate of drug-likeness (QED) is 0.794. The number of fused-ring (bicyclic) bond motifs is 1. The fraction of sp³-hybridized carbons (Fsp3) is 0.350. The van der Waals surface area contributed by atoms with Gasteiger partial charge in [0.15, 0.2) is 6.10 Å². The summed E-state index contributed by atoms with van der Waals surface area (Å²) in [5, 5.41) is 12.2. The molecule has 0 radical (unpaired) electrons. The summed E-state index contributed by atoms with van der Waals surface area (Å²) in [6, 6.07) is 8.58. The summed E-state index contributed by atoms with van der Waals surface area (Å²) in [5.74, 6) is -0.274. The Bertz CT molecular complexity index is 896. The van der Waals surface area contributed by atoms with Gasteiger partial charge in [-0.05, 0) is 62.4 Å². The highest BCUT2D eigenvalue weighted by Gasteiger charge is 2.28. The first-order valence-corrected chi connectivity index (χ1v) is 9.55. The van der Waals surface area contributed by atoms with E-state index in [2.05, 4.69) is 5.32 Å². The van der Waals surface area contributed by atoms with Crippen LogP contribution in [0.25, 0.3) is 0 Å². The van der Waals surface area contributed by atoms with Gasteiger partial charge in [-0.3, -0.25) is 4.79 Å². The SMILES string of the molecule is COC(=O)c1c(NC(=O)[C@@H](C)Oc2ccc(C#N)cc2)sc2c1CCCC2. The van der Waals surface area contributed by atoms with Crippen molar-refractivity contribution in [1.82, 2.24) is 0 Å². The lowest BCUT2D eigenvalue weighted by Gasteiger charge is -2.15. The minimum absolute atomic E-state index is 0.344. The number of anilines is 1. The summed E-state index contributed by atoms with van der Waals surface area (Å²) in [6.45, 7) is 1.64. The molecule has 6 nitrogen and oxygen atoms in total. The summed E-state index contributed by atoms with van der Waals surface area (Å²) in [6.07, 6.45) is 3.09. The summed E-state index contributed by atoms with van der Waals surface area (Å²) in [4.78, 5) is 26.0. The molecule has 140 valence electrons. The Morgan fingerprint density at radius 3 is 2.59 bits per heavy atom. The number of ether oxygens (including phenoxy) is 2. The topological polar surface area (TPSA) is 88.4 Å². The molecule has 1 N–H and O–H groups in total. The molecule has 0 saturated carbocycles. The van der Waals surface area contributed by atoms with Gasteiger partial charge in [0.25, 0.3) is 5.91 Å². The molecule has 1 aromatic carbocycles. The third-order valence-corrected chi connectivity index (χ3v) is 5.67. The predicted octanol–water partition coefficient (Wildman–Crippen LogP) is 3.69. The number of nitrogens with one attached hydrogen (secondary N) is 1. The van der Waals surface area contributed by atoms with Crippen LogP contribution >= 0.6 is 11.3 Å². The Kier molecular flexibility index (Phi) is 5.77. The second-order valence-corrected chi connectivity index (χ2v) is 7.40. The first kappa shape index (κ1) is 18.9. The van der Waals surface area contributed by atoms with Crippen molar-refractivity contribution in [1.29, 1.82) is 5.26 Å². The van der Waals surface area contributed by atoms with Crippen LogP contribution in [0, 0.1) is 11.3 Å². The lowest BCUT2D eigenvalue weighted by molar-refractivity contribution is -0.122. The van der Waals surface area contributed by atoms with E-state index in [9.17, 15) is 9.59 Å². The molecule has 2 aromatic rings. The van der Waals surface area contributed by atoms with Gasteiger partial charge in [-0.15, -0.1) is 11.3 Å². The van der Waals surface area contributed by atoms with Gasteiger partial charge in [0, 0.05) is 4.88 Å². The zero-order valence-electron chi connectivity index (χ0n) is 15.2. The Hall–Kier alpha value is -2.85. The Morgan fingerprint density at radius 2 is 1.93 bits per heavy atom. The Balaban J connectivity index is 1.75. The van der Waals surface area contributed by atoms with E-state index in [1.54, 1.807) is 31.2 Å². The van der Waals surface area contributed by atoms with Crippen LogP contribution < -0.4 is 10.1 Å². The smallest absolute Gasteiger partial charge is 0.341 e. The molecule has 0 fully saturated rings. The van der Waals surface area contributed by atoms with Gasteiger partial charge in [-0.2, -0.15) is 5.26 Å². The summed E-state index contributed by atoms with van der Waals surface area (Å²) in [5.41, 5.74) is 1.98. The third-order valence-electron chi connectivity index (χ3n) is 4.46. The second-order valence-electron chi connectivity index (χ2n) is 6.29. The predicted molar refractivity (Wildman–Crippen MR) is 102 cm³/mol. The highest BCUT2D eigenvalue weighted by molar-refractivity contribution is 7.17. The minimum Gasteiger partial charge on any atom is -0.481 e. The molecule has 1 amide bonds. The molecule has 1 aliphatic rings. The number of nitrogens with zero attached hydrogens (tertiary/aromatic N) is 1. The molecule has 1 aromatic heterocycles. The van der Waals surface area contributed by atoms with Gasteiger partial charge >= 0.3 is 5.97 Å². The largest absolute Gasteiger partial charge is 0.481 e. The van der Waals surface area contributed by atoms with Crippen molar-refractivity contribution >= 4 is 28.2 Å². The van der Waals surface area contributed by atoms with Crippen molar-refractivity contribution in [2.24, 2.45) is 0 Å². The van der Waals surface area contributed by atoms with Crippen LogP contribution in [-0.2, 0) is 22.4 Å². The van der Waals surface area contributed by atoms with Crippen LogP contribution in [0.5, 0.6) is 5.75 Å². The number of carbonyl (C=O) groups excluding carboxylic acids is 2. The highest BCUT2D eigenvalue weighted by Crippen LogP contribution is 2.38. The molecular formula is C20H20N2O4S. The van der Waals surface area contributed by atoms with Gasteiger partial charge in [0.05, 0.1) is 24.3 Å². The minimum atomic E-state index is -0.762. The van der Waals surface area contributed by atoms with E-state index in [-0.39, 0.29) is 5.91 Å². The Labute approximate surface area is 161 Å². The molecule has 1 aliphatic carbocycles. The summed E-state index contributed by atoms with van der Waals surface area (Å²) in [7, 11) is 1.34. The van der Waals surface area contributed by atoms with Crippen LogP contribution in [0.3, 0.4) is 0 Å². The van der Waals surface area contributed by atoms with Gasteiger partial charge in [0.1, 0.15) is 10.8 Å². The molecule has 0 aliphatic heterocycles. The maximum absolute atomic E-state index is 12.6. The van der Waals surface area contributed by atoms with Crippen molar-refractivity contribution in [3.63, 3.8) is 0 Å². The molecule has 27 heavy (non-hydrogen) atoms. The normalized spacial score (nSPS) is 13.8. The number of hydrogen-bond donors (Lipinski definition) is 1. The number of nitriles is 1. The van der Waals surface area contributed by atoms with Crippen LogP contribution in [0.15, 0.2) is 24.3 Å². The molecule has 0 unspecified atom stereocenters. The van der Waals surface area contributed by atoms with Gasteiger partial charge < -0.3 is 14.8 Å². The van der Waals surface area contributed by atoms with E-state index >= 15 is 0 Å². The summed E-state index contributed by atoms with van der Waals surface area (Å²) < 4.78 is 10.6. The maximum Gasteiger partial charge on any atom is 0.341 e. The van der Waals surface area contributed by atoms with E-state index < -0.39 is 12.1 Å². The van der Waals surface area contributed by atoms with E-state index in [1.165, 1.54) is 18.4 Å². The van der Waals surface area contributed by atoms with Gasteiger partial charge in [-0.25, -0.2) is 4.79 Å². The molecule has 1 atom stereocenters. The zero-order valence-corrected chi connectivity index (χ0v) is 16.0. The van der Waals surface area contributed by atoms with Crippen LogP contribution in [0.1, 0.15) is 46.1 Å². The summed E-state index contributed by atoms with van der Waals surface area (Å²) >= 11 is 1.44. The van der Waals surface area contributed by atoms with E-state index in [1.807, 2.05) is 6.07 Å². The number of esters is 1. The van der Waals surface area contributed by atoms with E-state index in [0.717, 1.165) is 36.1 Å². The van der Waals surface area contributed by atoms with Crippen LogP contribution in [-0.4, -0.2) is 25.1 Å². The van der Waals surface area contributed by atoms with Gasteiger partial charge in [0.2, 0.25) is 0 Å². The monoisotopic (exact) mass is 384 g/mol. The first-order valence-electron chi connectivity index (χ1n) is 8.74. The number of aryl methyl sites for hydroxylation is 1. The number of rotatable bonds is 5. The Morgan fingerprint density at radius 1 is 1.22 bits per heavy atom. The zero-order chi connectivity index (χ0) is 19.4. The number of benzene rings is 1. The van der Waals surface area contributed by atoms with Crippen molar-refractivity contribution in [3.8, 4) is 11.8 Å². The number of thiophene rings is 1. The standard InChI is InChI=1S/C20H20N2O4S/c1-12(26-14-9-7-13(11-21)8-10-14)18(23)22-19-17(20(24)25-2)15-5-3-4-6-16(15)27-19/h7-10,12H,3-6H2,1-2H3,(H,22,23)/t12-/m1/s1. The molecule has 0 bridgehead atoms. The van der Waals surface area contributed by atoms with Crippen molar-refractivity contribution < 1.29 is 19.1 Å². The molecule has 1 heterocycles. The van der Waals surface area contributed by atoms with Crippen LogP contribution in [0.2, 0.25) is 0 Å². The number of carbonyl (C=O) groups is 2. The fourth-order valence-electron chi connectivity index (χ4n) is 3.05. The molecular weight excluding hydrogens is 364 g/mol. The molecule has 0 saturated heterocycles. The fourth-order valence-corrected chi connectivity index (χ4v) is 4.33. The average Bonchev–Trinajstić information content (AvgIpc) is 3.05. The highest BCUT2D eigenvalue weighted by atomic mass is 32.1. The van der Waals surface area contributed by atoms with Crippen molar-refractivity contribution in [2.75, 3.05) is 12.4 Å². The van der Waals surface area contributed by atoms with Gasteiger partial charge in [-0.1, -0.05) is 0 Å². The number of amides is 1. The average molecular weight is 384 g/mol. The lowest BCUT2D eigenvalue weighted by Crippen LogP contribution is -2.30. The number of hydrogen-bond acceptors (Lipinski definition) is 6. The molecule has 7 heteroatoms. The number of methoxy groups -OCH3 is 1. The maximum atomic E-state index is 12.6. The van der Waals surface area contributed by atoms with Crippen molar-refractivity contribution in [2.45, 2.75) is 38.7 Å². The first-order chi connectivity index (χ1) is 13.0. The molecule has 3 rings (SSSR count). The van der Waals surface area contributed by atoms with E-state index in [4.69, 9.17) is 14.7 Å². The molecule has 0 spiro atoms. The van der Waals surface area contributed by atoms with E-state index in [0.29, 0.717) is 21.9 Å².